The molecular weight excluding hydrogens is 374 g/mol. The van der Waals surface area contributed by atoms with Crippen molar-refractivity contribution in [2.24, 2.45) is 0 Å². The number of fused-ring (bicyclic) bond motifs is 1. The molecule has 8 nitrogen and oxygen atoms in total. The Morgan fingerprint density at radius 1 is 1.21 bits per heavy atom. The van der Waals surface area contributed by atoms with Crippen LogP contribution in [0.5, 0.6) is 0 Å². The van der Waals surface area contributed by atoms with Crippen LogP contribution in [0, 0.1) is 0 Å². The normalized spacial score (nSPS) is 16.0. The molecule has 2 heterocycles. The van der Waals surface area contributed by atoms with Crippen LogP contribution < -0.4 is 0 Å². The lowest BCUT2D eigenvalue weighted by atomic mass is 10.2. The molecule has 1 fully saturated rings. The minimum atomic E-state index is -0.866. The van der Waals surface area contributed by atoms with E-state index in [0.29, 0.717) is 24.6 Å². The second kappa shape index (κ2) is 8.82. The van der Waals surface area contributed by atoms with Crippen LogP contribution in [0.15, 0.2) is 22.6 Å². The Labute approximate surface area is 170 Å². The van der Waals surface area contributed by atoms with Crippen LogP contribution in [0.2, 0.25) is 0 Å². The van der Waals surface area contributed by atoms with Gasteiger partial charge in [0, 0.05) is 39.1 Å². The summed E-state index contributed by atoms with van der Waals surface area (Å²) >= 11 is 0. The Morgan fingerprint density at radius 3 is 2.72 bits per heavy atom. The highest BCUT2D eigenvalue weighted by Gasteiger charge is 2.24. The molecule has 158 valence electrons. The molecule has 1 saturated heterocycles. The van der Waals surface area contributed by atoms with E-state index in [-0.39, 0.29) is 18.9 Å². The Balaban J connectivity index is 1.59. The standard InChI is InChI=1S/C21H29N3O5/c1-21(2,3)29-20(27)24-10-4-9-23(11-12-24)14-15-5-6-17-16(13-15)22-18(28-17)7-8-19(25)26/h5-6,13H,4,7-12,14H2,1-3H3,(H,25,26). The van der Waals surface area contributed by atoms with E-state index in [1.54, 1.807) is 4.90 Å². The van der Waals surface area contributed by atoms with Gasteiger partial charge >= 0.3 is 12.1 Å². The molecule has 1 amide bonds. The van der Waals surface area contributed by atoms with E-state index in [9.17, 15) is 9.59 Å². The molecule has 0 atom stereocenters. The van der Waals surface area contributed by atoms with Gasteiger partial charge in [-0.05, 0) is 44.9 Å². The van der Waals surface area contributed by atoms with Crippen LogP contribution >= 0.6 is 0 Å². The monoisotopic (exact) mass is 403 g/mol. The molecule has 0 spiro atoms. The van der Waals surface area contributed by atoms with Gasteiger partial charge in [0.25, 0.3) is 0 Å². The summed E-state index contributed by atoms with van der Waals surface area (Å²) in [4.78, 5) is 31.5. The SMILES string of the molecule is CC(C)(C)OC(=O)N1CCCN(Cc2ccc3oc(CCC(=O)O)nc3c2)CC1. The number of carbonyl (C=O) groups excluding carboxylic acids is 1. The second-order valence-corrected chi connectivity index (χ2v) is 8.40. The van der Waals surface area contributed by atoms with Gasteiger partial charge in [0.1, 0.15) is 11.1 Å². The first-order valence-corrected chi connectivity index (χ1v) is 10.00. The first-order valence-electron chi connectivity index (χ1n) is 10.00. The zero-order valence-electron chi connectivity index (χ0n) is 17.3. The molecule has 0 aliphatic carbocycles. The van der Waals surface area contributed by atoms with Gasteiger partial charge in [0.2, 0.25) is 0 Å². The van der Waals surface area contributed by atoms with Gasteiger partial charge in [0.15, 0.2) is 11.5 Å². The number of hydrogen-bond acceptors (Lipinski definition) is 6. The molecule has 2 aromatic rings. The van der Waals surface area contributed by atoms with Crippen molar-refractivity contribution < 1.29 is 23.8 Å². The van der Waals surface area contributed by atoms with Crippen LogP contribution in [0.25, 0.3) is 11.1 Å². The van der Waals surface area contributed by atoms with Crippen molar-refractivity contribution in [3.05, 3.63) is 29.7 Å². The summed E-state index contributed by atoms with van der Waals surface area (Å²) in [6, 6.07) is 5.87. The molecule has 1 N–H and O–H groups in total. The Morgan fingerprint density at radius 2 is 2.00 bits per heavy atom. The van der Waals surface area contributed by atoms with E-state index >= 15 is 0 Å². The van der Waals surface area contributed by atoms with E-state index in [4.69, 9.17) is 14.3 Å². The number of carbonyl (C=O) groups is 2. The summed E-state index contributed by atoms with van der Waals surface area (Å²) in [7, 11) is 0. The highest BCUT2D eigenvalue weighted by atomic mass is 16.6. The number of nitrogens with zero attached hydrogens (tertiary/aromatic N) is 3. The molecule has 1 aliphatic heterocycles. The number of aromatic nitrogens is 1. The molecule has 0 saturated carbocycles. The van der Waals surface area contributed by atoms with Crippen LogP contribution in [0.4, 0.5) is 4.79 Å². The van der Waals surface area contributed by atoms with Crippen molar-refractivity contribution >= 4 is 23.2 Å². The first kappa shape index (κ1) is 21.1. The van der Waals surface area contributed by atoms with Gasteiger partial charge in [-0.3, -0.25) is 9.69 Å². The molecule has 0 unspecified atom stereocenters. The molecular formula is C21H29N3O5. The van der Waals surface area contributed by atoms with Crippen molar-refractivity contribution in [3.63, 3.8) is 0 Å². The van der Waals surface area contributed by atoms with Crippen molar-refractivity contribution in [2.45, 2.75) is 52.2 Å². The summed E-state index contributed by atoms with van der Waals surface area (Å²) in [5.41, 5.74) is 2.04. The van der Waals surface area contributed by atoms with Crippen LogP contribution in [0.3, 0.4) is 0 Å². The molecule has 1 aromatic carbocycles. The van der Waals surface area contributed by atoms with Crippen molar-refractivity contribution in [3.8, 4) is 0 Å². The maximum Gasteiger partial charge on any atom is 0.410 e. The molecule has 8 heteroatoms. The van der Waals surface area contributed by atoms with Gasteiger partial charge < -0.3 is 19.2 Å². The number of hydrogen-bond donors (Lipinski definition) is 1. The number of rotatable bonds is 5. The second-order valence-electron chi connectivity index (χ2n) is 8.40. The number of ether oxygens (including phenoxy) is 1. The number of oxazole rings is 1. The van der Waals surface area contributed by atoms with Gasteiger partial charge in [-0.15, -0.1) is 0 Å². The number of carboxylic acids is 1. The van der Waals surface area contributed by atoms with E-state index in [1.165, 1.54) is 0 Å². The van der Waals surface area contributed by atoms with E-state index < -0.39 is 11.6 Å². The topological polar surface area (TPSA) is 96.1 Å². The van der Waals surface area contributed by atoms with Crippen LogP contribution in [0.1, 0.15) is 45.1 Å². The van der Waals surface area contributed by atoms with Crippen molar-refractivity contribution in [2.75, 3.05) is 26.2 Å². The number of aliphatic carboxylic acids is 1. The Hall–Kier alpha value is -2.61. The van der Waals surface area contributed by atoms with E-state index in [1.807, 2.05) is 39.0 Å². The fraction of sp³-hybridized carbons (Fsp3) is 0.571. The third kappa shape index (κ3) is 6.19. The number of aryl methyl sites for hydroxylation is 1. The predicted octanol–water partition coefficient (Wildman–Crippen LogP) is 3.29. The average Bonchev–Trinajstić information content (AvgIpc) is 2.88. The van der Waals surface area contributed by atoms with Crippen molar-refractivity contribution in [1.82, 2.24) is 14.8 Å². The molecule has 1 aromatic heterocycles. The summed E-state index contributed by atoms with van der Waals surface area (Å²) in [6.07, 6.45) is 0.926. The minimum Gasteiger partial charge on any atom is -0.481 e. The lowest BCUT2D eigenvalue weighted by Gasteiger charge is -2.26. The third-order valence-electron chi connectivity index (χ3n) is 4.70. The van der Waals surface area contributed by atoms with Crippen molar-refractivity contribution in [1.29, 1.82) is 0 Å². The number of amides is 1. The van der Waals surface area contributed by atoms with Crippen LogP contribution in [-0.4, -0.2) is 63.7 Å². The first-order chi connectivity index (χ1) is 13.7. The summed E-state index contributed by atoms with van der Waals surface area (Å²) in [5, 5.41) is 8.80. The average molecular weight is 403 g/mol. The number of carboxylic acid groups (broad SMARTS) is 1. The largest absolute Gasteiger partial charge is 0.481 e. The fourth-order valence-corrected chi connectivity index (χ4v) is 3.34. The quantitative estimate of drug-likeness (QED) is 0.818. The maximum atomic E-state index is 12.3. The fourth-order valence-electron chi connectivity index (χ4n) is 3.34. The predicted molar refractivity (Wildman–Crippen MR) is 108 cm³/mol. The Bertz CT molecular complexity index is 871. The van der Waals surface area contributed by atoms with Gasteiger partial charge in [0.05, 0.1) is 6.42 Å². The molecule has 3 rings (SSSR count). The smallest absolute Gasteiger partial charge is 0.410 e. The lowest BCUT2D eigenvalue weighted by Crippen LogP contribution is -2.39. The highest BCUT2D eigenvalue weighted by Crippen LogP contribution is 2.20. The Kier molecular flexibility index (Phi) is 6.42. The molecule has 0 bridgehead atoms. The molecule has 1 aliphatic rings. The van der Waals surface area contributed by atoms with E-state index in [2.05, 4.69) is 9.88 Å². The molecule has 29 heavy (non-hydrogen) atoms. The van der Waals surface area contributed by atoms with E-state index in [0.717, 1.165) is 37.1 Å². The van der Waals surface area contributed by atoms with Gasteiger partial charge in [-0.2, -0.15) is 0 Å². The van der Waals surface area contributed by atoms with Gasteiger partial charge in [-0.25, -0.2) is 9.78 Å². The minimum absolute atomic E-state index is 0.00159. The summed E-state index contributed by atoms with van der Waals surface area (Å²) in [5.74, 6) is -0.420. The zero-order valence-corrected chi connectivity index (χ0v) is 17.3. The summed E-state index contributed by atoms with van der Waals surface area (Å²) < 4.78 is 11.1. The maximum absolute atomic E-state index is 12.3. The highest BCUT2D eigenvalue weighted by molar-refractivity contribution is 5.73. The van der Waals surface area contributed by atoms with Crippen LogP contribution in [-0.2, 0) is 22.5 Å². The number of benzene rings is 1. The third-order valence-corrected chi connectivity index (χ3v) is 4.70. The van der Waals surface area contributed by atoms with Gasteiger partial charge in [-0.1, -0.05) is 6.07 Å². The lowest BCUT2D eigenvalue weighted by molar-refractivity contribution is -0.137. The molecule has 0 radical (unpaired) electrons. The zero-order chi connectivity index (χ0) is 21.0. The summed E-state index contributed by atoms with van der Waals surface area (Å²) in [6.45, 7) is 9.41.